The minimum atomic E-state index is 0.413. The van der Waals surface area contributed by atoms with Crippen molar-refractivity contribution in [3.8, 4) is 6.07 Å². The van der Waals surface area contributed by atoms with E-state index in [-0.39, 0.29) is 0 Å². The van der Waals surface area contributed by atoms with E-state index in [2.05, 4.69) is 48.5 Å². The van der Waals surface area contributed by atoms with Crippen LogP contribution < -0.4 is 5.32 Å². The molecule has 1 fully saturated rings. The monoisotopic (exact) mass is 435 g/mol. The molecule has 30 heavy (non-hydrogen) atoms. The molecule has 0 radical (unpaired) electrons. The van der Waals surface area contributed by atoms with Gasteiger partial charge in [0.1, 0.15) is 11.8 Å². The Morgan fingerprint density at radius 2 is 2.23 bits per heavy atom. The molecule has 0 spiro atoms. The molecule has 1 aliphatic rings. The number of hydrogen-bond donors (Lipinski definition) is 1. The summed E-state index contributed by atoms with van der Waals surface area (Å²) in [6.07, 6.45) is 6.13. The molecule has 152 valence electrons. The van der Waals surface area contributed by atoms with Crippen LogP contribution in [0.3, 0.4) is 0 Å². The van der Waals surface area contributed by atoms with Crippen molar-refractivity contribution < 1.29 is 0 Å². The molecule has 0 amide bonds. The lowest BCUT2D eigenvalue weighted by atomic mass is 9.95. The molecular formula is C21H21N7S2. The molecule has 0 saturated carbocycles. The first-order valence-corrected chi connectivity index (χ1v) is 11.7. The van der Waals surface area contributed by atoms with Gasteiger partial charge in [-0.3, -0.25) is 9.30 Å². The molecule has 5 heterocycles. The number of nitrogens with zero attached hydrogens (tertiary/aromatic N) is 6. The van der Waals surface area contributed by atoms with Gasteiger partial charge in [0.05, 0.1) is 29.0 Å². The smallest absolute Gasteiger partial charge is 0.194 e. The van der Waals surface area contributed by atoms with Gasteiger partial charge < -0.3 is 5.32 Å². The second-order valence-electron chi connectivity index (χ2n) is 7.52. The summed E-state index contributed by atoms with van der Waals surface area (Å²) in [7, 11) is 0. The van der Waals surface area contributed by atoms with Crippen molar-refractivity contribution in [2.75, 3.05) is 18.4 Å². The van der Waals surface area contributed by atoms with E-state index in [0.717, 1.165) is 53.2 Å². The van der Waals surface area contributed by atoms with E-state index in [0.29, 0.717) is 11.6 Å². The maximum atomic E-state index is 8.87. The molecule has 0 unspecified atom stereocenters. The Balaban J connectivity index is 1.26. The highest BCUT2D eigenvalue weighted by Crippen LogP contribution is 2.31. The Kier molecular flexibility index (Phi) is 5.21. The van der Waals surface area contributed by atoms with Crippen molar-refractivity contribution >= 4 is 38.5 Å². The summed E-state index contributed by atoms with van der Waals surface area (Å²) in [6.45, 7) is 5.15. The predicted octanol–water partition coefficient (Wildman–Crippen LogP) is 4.55. The number of fused-ring (bicyclic) bond motifs is 1. The van der Waals surface area contributed by atoms with Crippen LogP contribution in [0.2, 0.25) is 0 Å². The van der Waals surface area contributed by atoms with Gasteiger partial charge in [-0.15, -0.1) is 22.7 Å². The first-order chi connectivity index (χ1) is 14.7. The fraction of sp³-hybridized carbons (Fsp3) is 0.333. The lowest BCUT2D eigenvalue weighted by Crippen LogP contribution is -2.34. The van der Waals surface area contributed by atoms with Gasteiger partial charge in [-0.25, -0.2) is 15.0 Å². The fourth-order valence-electron chi connectivity index (χ4n) is 3.97. The highest BCUT2D eigenvalue weighted by Gasteiger charge is 2.25. The summed E-state index contributed by atoms with van der Waals surface area (Å²) in [5.74, 6) is 0.441. The first kappa shape index (κ1) is 19.2. The quantitative estimate of drug-likeness (QED) is 0.495. The Morgan fingerprint density at radius 1 is 1.30 bits per heavy atom. The zero-order valence-corrected chi connectivity index (χ0v) is 18.2. The molecule has 7 nitrogen and oxygen atoms in total. The molecule has 5 rings (SSSR count). The minimum Gasteiger partial charge on any atom is -0.330 e. The average molecular weight is 436 g/mol. The fourth-order valence-corrected chi connectivity index (χ4v) is 5.56. The second kappa shape index (κ2) is 8.14. The van der Waals surface area contributed by atoms with Crippen LogP contribution in [-0.4, -0.2) is 37.3 Å². The predicted molar refractivity (Wildman–Crippen MR) is 119 cm³/mol. The number of thiazole rings is 2. The zero-order valence-electron chi connectivity index (χ0n) is 16.6. The van der Waals surface area contributed by atoms with Crippen molar-refractivity contribution in [1.29, 1.82) is 5.26 Å². The normalized spacial score (nSPS) is 17.3. The average Bonchev–Trinajstić information content (AvgIpc) is 3.48. The van der Waals surface area contributed by atoms with E-state index in [9.17, 15) is 0 Å². The topological polar surface area (TPSA) is 82.1 Å². The number of pyridine rings is 1. The molecule has 0 aromatic carbocycles. The minimum absolute atomic E-state index is 0.413. The third kappa shape index (κ3) is 3.81. The third-order valence-electron chi connectivity index (χ3n) is 5.51. The van der Waals surface area contributed by atoms with Gasteiger partial charge in [0, 0.05) is 36.0 Å². The van der Waals surface area contributed by atoms with E-state index in [1.807, 2.05) is 12.1 Å². The van der Waals surface area contributed by atoms with Gasteiger partial charge in [0.2, 0.25) is 0 Å². The number of rotatable bonds is 5. The van der Waals surface area contributed by atoms with Crippen molar-refractivity contribution in [2.45, 2.75) is 32.2 Å². The standard InChI is InChI=1S/C21H21N7S2/c1-14-19(28-7-8-29-21(28)24-14)12-27-6-2-3-15(11-27)18-13-30-20(26-18)25-17-5-4-16(9-22)23-10-17/h4-5,7-8,10,13,15H,2-3,6,11-12H2,1H3,(H,25,26)/t15-/m0/s1. The third-order valence-corrected chi connectivity index (χ3v) is 7.04. The Morgan fingerprint density at radius 3 is 3.07 bits per heavy atom. The molecule has 4 aromatic heterocycles. The molecule has 0 bridgehead atoms. The SMILES string of the molecule is Cc1nc2sccn2c1CN1CCC[C@H](c2csc(Nc3ccc(C#N)nc3)n2)C1. The molecule has 1 atom stereocenters. The molecular weight excluding hydrogens is 414 g/mol. The number of aryl methyl sites for hydroxylation is 1. The number of nitrogens with one attached hydrogen (secondary N) is 1. The van der Waals surface area contributed by atoms with E-state index in [1.165, 1.54) is 12.1 Å². The molecule has 1 aliphatic heterocycles. The number of aromatic nitrogens is 4. The Bertz CT molecular complexity index is 1200. The molecule has 0 aliphatic carbocycles. The zero-order chi connectivity index (χ0) is 20.5. The van der Waals surface area contributed by atoms with Crippen LogP contribution in [0.4, 0.5) is 10.8 Å². The Labute approximate surface area is 182 Å². The molecule has 4 aromatic rings. The highest BCUT2D eigenvalue weighted by molar-refractivity contribution is 7.15. The van der Waals surface area contributed by atoms with E-state index in [1.54, 1.807) is 34.9 Å². The van der Waals surface area contributed by atoms with Gasteiger partial charge in [0.25, 0.3) is 0 Å². The molecule has 9 heteroatoms. The van der Waals surface area contributed by atoms with Gasteiger partial charge in [-0.05, 0) is 38.4 Å². The number of hydrogen-bond acceptors (Lipinski definition) is 8. The van der Waals surface area contributed by atoms with Crippen LogP contribution in [0.15, 0.2) is 35.3 Å². The summed E-state index contributed by atoms with van der Waals surface area (Å²) in [4.78, 5) is 17.2. The summed E-state index contributed by atoms with van der Waals surface area (Å²) in [5.41, 5.74) is 4.83. The van der Waals surface area contributed by atoms with Crippen LogP contribution in [-0.2, 0) is 6.54 Å². The lowest BCUT2D eigenvalue weighted by Gasteiger charge is -2.31. The van der Waals surface area contributed by atoms with Gasteiger partial charge in [-0.1, -0.05) is 0 Å². The van der Waals surface area contributed by atoms with Crippen LogP contribution in [0.5, 0.6) is 0 Å². The van der Waals surface area contributed by atoms with Crippen molar-refractivity contribution in [1.82, 2.24) is 24.3 Å². The van der Waals surface area contributed by atoms with Crippen LogP contribution in [0, 0.1) is 18.3 Å². The maximum Gasteiger partial charge on any atom is 0.194 e. The number of imidazole rings is 1. The van der Waals surface area contributed by atoms with E-state index in [4.69, 9.17) is 10.2 Å². The van der Waals surface area contributed by atoms with Gasteiger partial charge in [-0.2, -0.15) is 5.26 Å². The van der Waals surface area contributed by atoms with Crippen LogP contribution in [0.25, 0.3) is 4.96 Å². The lowest BCUT2D eigenvalue weighted by molar-refractivity contribution is 0.196. The highest BCUT2D eigenvalue weighted by atomic mass is 32.1. The van der Waals surface area contributed by atoms with E-state index < -0.39 is 0 Å². The largest absolute Gasteiger partial charge is 0.330 e. The van der Waals surface area contributed by atoms with Crippen LogP contribution in [0.1, 0.15) is 41.5 Å². The van der Waals surface area contributed by atoms with Crippen LogP contribution >= 0.6 is 22.7 Å². The maximum absolute atomic E-state index is 8.87. The van der Waals surface area contributed by atoms with Crippen molar-refractivity contribution in [2.24, 2.45) is 0 Å². The Hall–Kier alpha value is -2.80. The van der Waals surface area contributed by atoms with Crippen molar-refractivity contribution in [3.63, 3.8) is 0 Å². The summed E-state index contributed by atoms with van der Waals surface area (Å²) in [6, 6.07) is 5.60. The van der Waals surface area contributed by atoms with E-state index >= 15 is 0 Å². The first-order valence-electron chi connectivity index (χ1n) is 9.91. The summed E-state index contributed by atoms with van der Waals surface area (Å²) < 4.78 is 2.22. The molecule has 1 saturated heterocycles. The molecule has 1 N–H and O–H groups in total. The van der Waals surface area contributed by atoms with Gasteiger partial charge in [0.15, 0.2) is 10.1 Å². The number of likely N-dealkylation sites (tertiary alicyclic amines) is 1. The number of piperidine rings is 1. The van der Waals surface area contributed by atoms with Crippen molar-refractivity contribution in [3.05, 3.63) is 58.1 Å². The van der Waals surface area contributed by atoms with Gasteiger partial charge >= 0.3 is 0 Å². The summed E-state index contributed by atoms with van der Waals surface area (Å²) in [5, 5.41) is 17.3. The number of anilines is 2. The number of nitriles is 1. The summed E-state index contributed by atoms with van der Waals surface area (Å²) >= 11 is 3.30. The second-order valence-corrected chi connectivity index (χ2v) is 9.25.